The molecule has 7 heteroatoms. The van der Waals surface area contributed by atoms with Crippen LogP contribution in [-0.4, -0.2) is 22.9 Å². The molecule has 0 aromatic carbocycles. The first-order chi connectivity index (χ1) is 11.7. The Morgan fingerprint density at radius 1 is 1.33 bits per heavy atom. The van der Waals surface area contributed by atoms with E-state index >= 15 is 0 Å². The highest BCUT2D eigenvalue weighted by molar-refractivity contribution is 6.29. The summed E-state index contributed by atoms with van der Waals surface area (Å²) in [5.74, 6) is 0.368. The standard InChI is InChI=1S/C17H15ClN6/c1-20-10-13(17(19)23-12-3-2-6-21-9-12)11-7-15-14(22-8-11)4-5-16(18)24-15/h2-10,20H,1H3,(H2,19,23)/p+1/b13-10-. The highest BCUT2D eigenvalue weighted by atomic mass is 35.5. The summed E-state index contributed by atoms with van der Waals surface area (Å²) in [6, 6.07) is 9.14. The van der Waals surface area contributed by atoms with Crippen LogP contribution in [-0.2, 0) is 0 Å². The lowest BCUT2D eigenvalue weighted by Crippen LogP contribution is -2.16. The Balaban J connectivity index is 2.05. The van der Waals surface area contributed by atoms with Crippen molar-refractivity contribution in [3.8, 4) is 0 Å². The molecule has 0 aliphatic rings. The van der Waals surface area contributed by atoms with E-state index in [1.165, 1.54) is 0 Å². The first kappa shape index (κ1) is 15.9. The van der Waals surface area contributed by atoms with Crippen LogP contribution in [0, 0.1) is 0 Å². The predicted molar refractivity (Wildman–Crippen MR) is 95.9 cm³/mol. The predicted octanol–water partition coefficient (Wildman–Crippen LogP) is 2.35. The quantitative estimate of drug-likeness (QED) is 0.433. The Labute approximate surface area is 144 Å². The first-order valence-corrected chi connectivity index (χ1v) is 7.66. The summed E-state index contributed by atoms with van der Waals surface area (Å²) < 4.78 is 0. The van der Waals surface area contributed by atoms with E-state index in [-0.39, 0.29) is 0 Å². The second-order valence-corrected chi connectivity index (χ2v) is 5.39. The van der Waals surface area contributed by atoms with Gasteiger partial charge in [-0.15, -0.1) is 0 Å². The number of hydrogen-bond donors (Lipinski definition) is 2. The maximum atomic E-state index is 6.20. The number of pyridine rings is 3. The number of nitrogens with one attached hydrogen (secondary N) is 2. The highest BCUT2D eigenvalue weighted by Crippen LogP contribution is 2.21. The molecule has 0 amide bonds. The number of hydrogen-bond acceptors (Lipinski definition) is 4. The molecule has 6 nitrogen and oxygen atoms in total. The summed E-state index contributed by atoms with van der Waals surface area (Å²) in [5.41, 5.74) is 9.90. The van der Waals surface area contributed by atoms with Gasteiger partial charge >= 0.3 is 0 Å². The minimum absolute atomic E-state index is 0.368. The largest absolute Gasteiger partial charge is 0.393 e. The smallest absolute Gasteiger partial charge is 0.193 e. The number of aromatic amines is 1. The van der Waals surface area contributed by atoms with E-state index in [0.29, 0.717) is 16.5 Å². The summed E-state index contributed by atoms with van der Waals surface area (Å²) >= 11 is 5.96. The molecular formula is C17H16ClN6+. The molecule has 0 radical (unpaired) electrons. The van der Waals surface area contributed by atoms with Crippen molar-refractivity contribution in [1.29, 1.82) is 0 Å². The normalized spacial score (nSPS) is 12.4. The second kappa shape index (κ2) is 7.06. The van der Waals surface area contributed by atoms with Gasteiger partial charge in [0.2, 0.25) is 0 Å². The molecule has 3 aromatic heterocycles. The molecule has 4 N–H and O–H groups in total. The highest BCUT2D eigenvalue weighted by Gasteiger charge is 2.10. The fraction of sp³-hybridized carbons (Fsp3) is 0.0588. The van der Waals surface area contributed by atoms with Gasteiger partial charge in [0.05, 0.1) is 11.0 Å². The van der Waals surface area contributed by atoms with Crippen molar-refractivity contribution in [2.75, 3.05) is 7.05 Å². The van der Waals surface area contributed by atoms with Crippen LogP contribution in [0.2, 0.25) is 5.15 Å². The number of nitrogens with zero attached hydrogens (tertiary/aromatic N) is 3. The molecule has 3 heterocycles. The van der Waals surface area contributed by atoms with E-state index in [1.807, 2.05) is 30.5 Å². The summed E-state index contributed by atoms with van der Waals surface area (Å²) in [7, 11) is 1.80. The molecule has 3 rings (SSSR count). The van der Waals surface area contributed by atoms with Crippen molar-refractivity contribution < 1.29 is 4.98 Å². The average molecular weight is 340 g/mol. The van der Waals surface area contributed by atoms with E-state index in [4.69, 9.17) is 17.3 Å². The molecule has 0 aliphatic heterocycles. The van der Waals surface area contributed by atoms with E-state index in [1.54, 1.807) is 31.7 Å². The topological polar surface area (TPSA) is 90.3 Å². The zero-order valence-electron chi connectivity index (χ0n) is 13.0. The molecule has 0 spiro atoms. The fourth-order valence-electron chi connectivity index (χ4n) is 2.23. The molecule has 120 valence electrons. The van der Waals surface area contributed by atoms with Crippen LogP contribution in [0.15, 0.2) is 60.1 Å². The van der Waals surface area contributed by atoms with Gasteiger partial charge in [0.15, 0.2) is 12.4 Å². The summed E-state index contributed by atoms with van der Waals surface area (Å²) in [4.78, 5) is 16.1. The molecule has 3 aromatic rings. The maximum Gasteiger partial charge on any atom is 0.193 e. The van der Waals surface area contributed by atoms with Crippen molar-refractivity contribution in [2.45, 2.75) is 0 Å². The molecule has 0 saturated carbocycles. The molecule has 0 fully saturated rings. The Hall–Kier alpha value is -2.99. The zero-order valence-corrected chi connectivity index (χ0v) is 13.7. The third-order valence-corrected chi connectivity index (χ3v) is 3.53. The maximum absolute atomic E-state index is 6.20. The first-order valence-electron chi connectivity index (χ1n) is 7.28. The van der Waals surface area contributed by atoms with Crippen molar-refractivity contribution in [3.05, 3.63) is 65.8 Å². The van der Waals surface area contributed by atoms with Crippen LogP contribution in [0.3, 0.4) is 0 Å². The Bertz CT molecular complexity index is 921. The summed E-state index contributed by atoms with van der Waals surface area (Å²) in [5, 5.41) is 3.41. The van der Waals surface area contributed by atoms with E-state index in [9.17, 15) is 0 Å². The van der Waals surface area contributed by atoms with Crippen LogP contribution >= 0.6 is 11.6 Å². The second-order valence-electron chi connectivity index (χ2n) is 5.00. The Morgan fingerprint density at radius 3 is 2.96 bits per heavy atom. The molecule has 0 unspecified atom stereocenters. The van der Waals surface area contributed by atoms with Crippen molar-refractivity contribution in [3.63, 3.8) is 0 Å². The number of nitrogens with two attached hydrogens (primary N) is 1. The molecular weight excluding hydrogens is 324 g/mol. The van der Waals surface area contributed by atoms with Crippen LogP contribution in [0.4, 0.5) is 5.69 Å². The van der Waals surface area contributed by atoms with Gasteiger partial charge in [-0.2, -0.15) is 0 Å². The van der Waals surface area contributed by atoms with Crippen molar-refractivity contribution in [1.82, 2.24) is 15.3 Å². The van der Waals surface area contributed by atoms with Crippen LogP contribution in [0.25, 0.3) is 16.6 Å². The van der Waals surface area contributed by atoms with E-state index in [2.05, 4.69) is 25.3 Å². The van der Waals surface area contributed by atoms with Crippen LogP contribution < -0.4 is 16.0 Å². The van der Waals surface area contributed by atoms with Gasteiger partial charge in [0.1, 0.15) is 16.7 Å². The van der Waals surface area contributed by atoms with Gasteiger partial charge < -0.3 is 11.1 Å². The molecule has 0 bridgehead atoms. The number of aliphatic imine (C=N–C) groups is 1. The Kier molecular flexibility index (Phi) is 4.67. The number of amidine groups is 1. The molecule has 0 atom stereocenters. The van der Waals surface area contributed by atoms with Gasteiger partial charge in [-0.1, -0.05) is 11.6 Å². The summed E-state index contributed by atoms with van der Waals surface area (Å²) in [6.07, 6.45) is 7.09. The minimum atomic E-state index is 0.368. The monoisotopic (exact) mass is 339 g/mol. The van der Waals surface area contributed by atoms with Gasteiger partial charge in [0, 0.05) is 36.6 Å². The lowest BCUT2D eigenvalue weighted by atomic mass is 10.1. The van der Waals surface area contributed by atoms with E-state index in [0.717, 1.165) is 22.3 Å². The van der Waals surface area contributed by atoms with Crippen molar-refractivity contribution >= 4 is 39.7 Å². The van der Waals surface area contributed by atoms with Gasteiger partial charge in [-0.25, -0.2) is 15.0 Å². The number of fused-ring (bicyclic) bond motifs is 1. The zero-order chi connectivity index (χ0) is 16.9. The third kappa shape index (κ3) is 3.49. The number of aromatic nitrogens is 3. The summed E-state index contributed by atoms with van der Waals surface area (Å²) in [6.45, 7) is 0. The fourth-order valence-corrected chi connectivity index (χ4v) is 2.39. The van der Waals surface area contributed by atoms with Crippen molar-refractivity contribution in [2.24, 2.45) is 10.7 Å². The third-order valence-electron chi connectivity index (χ3n) is 3.32. The van der Waals surface area contributed by atoms with Gasteiger partial charge in [-0.3, -0.25) is 4.98 Å². The number of halogens is 1. The number of rotatable bonds is 4. The SMILES string of the molecule is CN/C=C(\C(N)=Nc1ccc[nH+]c1)c1cnc2ccc(Cl)nc2c1. The molecule has 0 saturated heterocycles. The minimum Gasteiger partial charge on any atom is -0.393 e. The average Bonchev–Trinajstić information content (AvgIpc) is 2.59. The van der Waals surface area contributed by atoms with Gasteiger partial charge in [0.25, 0.3) is 0 Å². The molecule has 24 heavy (non-hydrogen) atoms. The lowest BCUT2D eigenvalue weighted by molar-refractivity contribution is -0.377. The number of H-pyrrole nitrogens is 1. The molecule has 0 aliphatic carbocycles. The van der Waals surface area contributed by atoms with E-state index < -0.39 is 0 Å². The van der Waals surface area contributed by atoms with Crippen LogP contribution in [0.1, 0.15) is 5.56 Å². The lowest BCUT2D eigenvalue weighted by Gasteiger charge is -2.08. The van der Waals surface area contributed by atoms with Gasteiger partial charge in [-0.05, 0) is 24.3 Å². The Morgan fingerprint density at radius 2 is 2.21 bits per heavy atom. The van der Waals surface area contributed by atoms with Crippen LogP contribution in [0.5, 0.6) is 0 Å².